The van der Waals surface area contributed by atoms with Gasteiger partial charge in [0.2, 0.25) is 10.0 Å². The monoisotopic (exact) mass is 471 g/mol. The molecule has 0 spiro atoms. The normalized spacial score (nSPS) is 18.2. The Balaban J connectivity index is 1.65. The Labute approximate surface area is 194 Å². The summed E-state index contributed by atoms with van der Waals surface area (Å²) < 4.78 is 32.9. The summed E-state index contributed by atoms with van der Waals surface area (Å²) in [4.78, 5) is 27.7. The van der Waals surface area contributed by atoms with Gasteiger partial charge in [-0.05, 0) is 42.7 Å². The minimum Gasteiger partial charge on any atom is -0.448 e. The van der Waals surface area contributed by atoms with Crippen LogP contribution in [-0.2, 0) is 26.0 Å². The second-order valence-corrected chi connectivity index (χ2v) is 10.1. The molecule has 9 heteroatoms. The summed E-state index contributed by atoms with van der Waals surface area (Å²) in [7, 11) is -3.70. The lowest BCUT2D eigenvalue weighted by Crippen LogP contribution is -2.38. The Hall–Kier alpha value is -2.91. The minimum atomic E-state index is -3.70. The van der Waals surface area contributed by atoms with Crippen LogP contribution in [0.5, 0.6) is 0 Å². The van der Waals surface area contributed by atoms with E-state index in [0.717, 1.165) is 37.2 Å². The average Bonchev–Trinajstić information content (AvgIpc) is 3.34. The van der Waals surface area contributed by atoms with Gasteiger partial charge in [-0.3, -0.25) is 4.79 Å². The molecule has 33 heavy (non-hydrogen) atoms. The summed E-state index contributed by atoms with van der Waals surface area (Å²) >= 11 is 0. The van der Waals surface area contributed by atoms with Gasteiger partial charge >= 0.3 is 5.97 Å². The first kappa shape index (κ1) is 23.3. The van der Waals surface area contributed by atoms with E-state index in [4.69, 9.17) is 4.74 Å². The lowest BCUT2D eigenvalue weighted by molar-refractivity contribution is -0.125. The van der Waals surface area contributed by atoms with Crippen molar-refractivity contribution in [2.24, 2.45) is 0 Å². The molecule has 4 rings (SSSR count). The topological polar surface area (TPSA) is 96.0 Å². The van der Waals surface area contributed by atoms with E-state index in [9.17, 15) is 18.0 Å². The maximum absolute atomic E-state index is 13.1. The molecule has 2 aliphatic heterocycles. The number of sulfonamides is 1. The molecule has 0 aromatic heterocycles. The highest BCUT2D eigenvalue weighted by atomic mass is 32.2. The second-order valence-electron chi connectivity index (χ2n) is 8.21. The van der Waals surface area contributed by atoms with Crippen molar-refractivity contribution in [3.05, 3.63) is 53.6 Å². The number of nitrogens with zero attached hydrogens (tertiary/aromatic N) is 2. The number of cyclic esters (lactones) is 1. The molecule has 1 N–H and O–H groups in total. The Morgan fingerprint density at radius 3 is 2.52 bits per heavy atom. The number of hydrogen-bond acceptors (Lipinski definition) is 6. The Bertz CT molecular complexity index is 1150. The third-order valence-corrected chi connectivity index (χ3v) is 8.25. The molecular formula is C24H29N3O5S. The Morgan fingerprint density at radius 1 is 1.12 bits per heavy atom. The molecule has 176 valence electrons. The summed E-state index contributed by atoms with van der Waals surface area (Å²) in [6.45, 7) is 5.94. The third-order valence-electron chi connectivity index (χ3n) is 6.20. The summed E-state index contributed by atoms with van der Waals surface area (Å²) in [5.74, 6) is -1.01. The van der Waals surface area contributed by atoms with Crippen LogP contribution >= 0.6 is 0 Å². The first-order valence-corrected chi connectivity index (χ1v) is 12.8. The lowest BCUT2D eigenvalue weighted by Gasteiger charge is -2.26. The van der Waals surface area contributed by atoms with Gasteiger partial charge in [-0.15, -0.1) is 0 Å². The fourth-order valence-corrected chi connectivity index (χ4v) is 5.90. The summed E-state index contributed by atoms with van der Waals surface area (Å²) in [6.07, 6.45) is 1.35. The van der Waals surface area contributed by atoms with E-state index in [0.29, 0.717) is 24.3 Å². The molecule has 0 unspecified atom stereocenters. The van der Waals surface area contributed by atoms with Crippen molar-refractivity contribution < 1.29 is 22.7 Å². The highest BCUT2D eigenvalue weighted by Crippen LogP contribution is 2.33. The number of amides is 1. The minimum absolute atomic E-state index is 0.121. The van der Waals surface area contributed by atoms with Crippen LogP contribution in [0, 0.1) is 0 Å². The second kappa shape index (κ2) is 9.52. The van der Waals surface area contributed by atoms with Crippen LogP contribution < -0.4 is 10.2 Å². The first-order valence-electron chi connectivity index (χ1n) is 11.3. The number of carbonyl (C=O) groups excluding carboxylic acids is 2. The zero-order valence-electron chi connectivity index (χ0n) is 18.9. The zero-order valence-corrected chi connectivity index (χ0v) is 19.7. The van der Waals surface area contributed by atoms with Gasteiger partial charge in [0.15, 0.2) is 6.10 Å². The number of ether oxygens (including phenoxy) is 1. The molecule has 8 nitrogen and oxygen atoms in total. The molecule has 0 radical (unpaired) electrons. The Morgan fingerprint density at radius 2 is 1.82 bits per heavy atom. The molecule has 0 saturated carbocycles. The number of hydrogen-bond donors (Lipinski definition) is 1. The van der Waals surface area contributed by atoms with Gasteiger partial charge in [-0.25, -0.2) is 13.2 Å². The predicted octanol–water partition coefficient (Wildman–Crippen LogP) is 3.04. The molecule has 1 fully saturated rings. The smallest absolute Gasteiger partial charge is 0.339 e. The van der Waals surface area contributed by atoms with Crippen LogP contribution in [0.2, 0.25) is 0 Å². The molecule has 0 bridgehead atoms. The van der Waals surface area contributed by atoms with E-state index in [1.54, 1.807) is 38.1 Å². The molecule has 2 heterocycles. The van der Waals surface area contributed by atoms with Crippen LogP contribution in [-0.4, -0.2) is 56.9 Å². The van der Waals surface area contributed by atoms with Gasteiger partial charge in [-0.1, -0.05) is 32.0 Å². The quantitative estimate of drug-likeness (QED) is 0.624. The summed E-state index contributed by atoms with van der Waals surface area (Å²) in [5, 5.41) is 2.86. The fourth-order valence-electron chi connectivity index (χ4n) is 4.41. The molecule has 0 aliphatic carbocycles. The van der Waals surface area contributed by atoms with E-state index in [2.05, 4.69) is 10.2 Å². The molecule has 1 amide bonds. The van der Waals surface area contributed by atoms with E-state index in [1.807, 2.05) is 12.1 Å². The van der Waals surface area contributed by atoms with Gasteiger partial charge in [0.25, 0.3) is 5.91 Å². The largest absolute Gasteiger partial charge is 0.448 e. The van der Waals surface area contributed by atoms with Gasteiger partial charge in [-0.2, -0.15) is 4.31 Å². The standard InChI is InChI=1S/C24H29N3O5S/c1-3-27(4-2)33(30,31)18-11-12-21(26-13-7-8-14-26)20(16-18)25-23(28)22-15-17-9-5-6-10-19(17)24(29)32-22/h5-6,9-12,16,22H,3-4,7-8,13-15H2,1-2H3,(H,25,28)/t22-/m1/s1. The third kappa shape index (κ3) is 4.60. The number of rotatable bonds is 7. The molecule has 2 aromatic rings. The van der Waals surface area contributed by atoms with Crippen molar-refractivity contribution in [3.63, 3.8) is 0 Å². The van der Waals surface area contributed by atoms with Gasteiger partial charge in [0, 0.05) is 32.6 Å². The molecule has 1 atom stereocenters. The van der Waals surface area contributed by atoms with Crippen LogP contribution in [0.3, 0.4) is 0 Å². The fraction of sp³-hybridized carbons (Fsp3) is 0.417. The highest BCUT2D eigenvalue weighted by molar-refractivity contribution is 7.89. The van der Waals surface area contributed by atoms with Gasteiger partial charge in [0.05, 0.1) is 21.8 Å². The van der Waals surface area contributed by atoms with Crippen LogP contribution in [0.1, 0.15) is 42.6 Å². The van der Waals surface area contributed by atoms with Crippen molar-refractivity contribution in [1.82, 2.24) is 4.31 Å². The Kier molecular flexibility index (Phi) is 6.71. The number of fused-ring (bicyclic) bond motifs is 1. The average molecular weight is 472 g/mol. The number of carbonyl (C=O) groups is 2. The maximum atomic E-state index is 13.1. The first-order chi connectivity index (χ1) is 15.8. The highest BCUT2D eigenvalue weighted by Gasteiger charge is 2.32. The van der Waals surface area contributed by atoms with Crippen molar-refractivity contribution in [2.75, 3.05) is 36.4 Å². The van der Waals surface area contributed by atoms with Crippen LogP contribution in [0.15, 0.2) is 47.4 Å². The van der Waals surface area contributed by atoms with E-state index < -0.39 is 28.0 Å². The van der Waals surface area contributed by atoms with E-state index >= 15 is 0 Å². The molecule has 1 saturated heterocycles. The van der Waals surface area contributed by atoms with Gasteiger partial charge < -0.3 is 15.0 Å². The molecule has 2 aliphatic rings. The van der Waals surface area contributed by atoms with E-state index in [1.165, 1.54) is 10.4 Å². The van der Waals surface area contributed by atoms with Crippen LogP contribution in [0.25, 0.3) is 0 Å². The van der Waals surface area contributed by atoms with Crippen molar-refractivity contribution >= 4 is 33.3 Å². The summed E-state index contributed by atoms with van der Waals surface area (Å²) in [6, 6.07) is 11.9. The van der Waals surface area contributed by atoms with Gasteiger partial charge in [0.1, 0.15) is 0 Å². The predicted molar refractivity (Wildman–Crippen MR) is 126 cm³/mol. The molecule has 2 aromatic carbocycles. The summed E-state index contributed by atoms with van der Waals surface area (Å²) in [5.41, 5.74) is 2.39. The number of benzene rings is 2. The number of anilines is 2. The SMILES string of the molecule is CCN(CC)S(=O)(=O)c1ccc(N2CCCC2)c(NC(=O)[C@H]2Cc3ccccc3C(=O)O2)c1. The molecular weight excluding hydrogens is 442 g/mol. The maximum Gasteiger partial charge on any atom is 0.339 e. The van der Waals surface area contributed by atoms with Crippen molar-refractivity contribution in [1.29, 1.82) is 0 Å². The lowest BCUT2D eigenvalue weighted by atomic mass is 9.98. The van der Waals surface area contributed by atoms with Crippen LogP contribution in [0.4, 0.5) is 11.4 Å². The van der Waals surface area contributed by atoms with Crippen molar-refractivity contribution in [2.45, 2.75) is 44.1 Å². The van der Waals surface area contributed by atoms with Crippen molar-refractivity contribution in [3.8, 4) is 0 Å². The number of esters is 1. The number of nitrogens with one attached hydrogen (secondary N) is 1. The zero-order chi connectivity index (χ0) is 23.6. The van der Waals surface area contributed by atoms with E-state index in [-0.39, 0.29) is 11.3 Å².